The fraction of sp³-hybridized carbons (Fsp3) is 0.417. The lowest BCUT2D eigenvalue weighted by atomic mass is 10.2. The third-order valence-electron chi connectivity index (χ3n) is 2.39. The van der Waals surface area contributed by atoms with Crippen LogP contribution in [0.4, 0.5) is 15.0 Å². The first-order valence-electron chi connectivity index (χ1n) is 6.26. The fourth-order valence-electron chi connectivity index (χ4n) is 1.44. The van der Waals surface area contributed by atoms with Crippen molar-refractivity contribution in [2.24, 2.45) is 5.73 Å². The Morgan fingerprint density at radius 1 is 1.30 bits per heavy atom. The predicted molar refractivity (Wildman–Crippen MR) is 72.9 cm³/mol. The van der Waals surface area contributed by atoms with Crippen molar-refractivity contribution in [1.29, 1.82) is 0 Å². The highest BCUT2D eigenvalue weighted by Gasteiger charge is 2.15. The van der Waals surface area contributed by atoms with Crippen LogP contribution in [0.5, 0.6) is 0 Å². The van der Waals surface area contributed by atoms with Crippen LogP contribution < -0.4 is 21.7 Å². The van der Waals surface area contributed by atoms with Crippen LogP contribution in [0.2, 0.25) is 0 Å². The van der Waals surface area contributed by atoms with Crippen LogP contribution >= 0.6 is 0 Å². The van der Waals surface area contributed by atoms with Crippen molar-refractivity contribution in [2.75, 3.05) is 25.0 Å². The van der Waals surface area contributed by atoms with Gasteiger partial charge in [0.25, 0.3) is 5.91 Å². The van der Waals surface area contributed by atoms with Gasteiger partial charge in [0.1, 0.15) is 0 Å². The van der Waals surface area contributed by atoms with Crippen molar-refractivity contribution in [1.82, 2.24) is 15.6 Å². The molecule has 0 aliphatic heterocycles. The Balaban J connectivity index is 2.61. The summed E-state index contributed by atoms with van der Waals surface area (Å²) < 4.78 is 14.0. The number of pyridine rings is 1. The van der Waals surface area contributed by atoms with Gasteiger partial charge in [-0.15, -0.1) is 0 Å². The lowest BCUT2D eigenvalue weighted by Gasteiger charge is -2.09. The van der Waals surface area contributed by atoms with Crippen molar-refractivity contribution >= 4 is 17.8 Å². The summed E-state index contributed by atoms with van der Waals surface area (Å²) in [5.41, 5.74) is 4.77. The highest BCUT2D eigenvalue weighted by molar-refractivity contribution is 5.95. The second-order valence-corrected chi connectivity index (χ2v) is 3.99. The van der Waals surface area contributed by atoms with E-state index in [9.17, 15) is 14.0 Å². The van der Waals surface area contributed by atoms with E-state index >= 15 is 0 Å². The van der Waals surface area contributed by atoms with E-state index in [2.05, 4.69) is 20.9 Å². The Morgan fingerprint density at radius 3 is 2.65 bits per heavy atom. The first-order chi connectivity index (χ1) is 9.56. The summed E-state index contributed by atoms with van der Waals surface area (Å²) in [5, 5.41) is 7.59. The Kier molecular flexibility index (Phi) is 6.21. The van der Waals surface area contributed by atoms with Gasteiger partial charge in [0.15, 0.2) is 11.6 Å². The molecular formula is C12H18FN5O2. The number of hydrogen-bond acceptors (Lipinski definition) is 4. The molecule has 110 valence electrons. The molecule has 0 aromatic carbocycles. The molecule has 1 rings (SSSR count). The van der Waals surface area contributed by atoms with Gasteiger partial charge >= 0.3 is 6.03 Å². The van der Waals surface area contributed by atoms with Gasteiger partial charge in [0.05, 0.1) is 5.56 Å². The van der Waals surface area contributed by atoms with Gasteiger partial charge < -0.3 is 21.7 Å². The Hall–Kier alpha value is -2.38. The number of nitrogens with zero attached hydrogens (tertiary/aromatic N) is 1. The molecule has 1 aromatic rings. The van der Waals surface area contributed by atoms with E-state index < -0.39 is 17.8 Å². The SMILES string of the molecule is CCCNc1nccc(C(=O)NCCNC(N)=O)c1F. The van der Waals surface area contributed by atoms with Crippen LogP contribution in [0, 0.1) is 5.82 Å². The summed E-state index contributed by atoms with van der Waals surface area (Å²) in [6, 6.07) is 0.615. The van der Waals surface area contributed by atoms with Crippen molar-refractivity contribution in [3.63, 3.8) is 0 Å². The number of aromatic nitrogens is 1. The molecule has 0 aliphatic rings. The number of rotatable bonds is 7. The van der Waals surface area contributed by atoms with Crippen LogP contribution in [-0.2, 0) is 0 Å². The smallest absolute Gasteiger partial charge is 0.312 e. The van der Waals surface area contributed by atoms with E-state index in [1.54, 1.807) is 0 Å². The number of carbonyl (C=O) groups excluding carboxylic acids is 2. The first kappa shape index (κ1) is 15.7. The fourth-order valence-corrected chi connectivity index (χ4v) is 1.44. The van der Waals surface area contributed by atoms with Gasteiger partial charge in [-0.1, -0.05) is 6.92 Å². The van der Waals surface area contributed by atoms with Crippen molar-refractivity contribution in [3.8, 4) is 0 Å². The summed E-state index contributed by atoms with van der Waals surface area (Å²) >= 11 is 0. The Labute approximate surface area is 116 Å². The molecule has 0 unspecified atom stereocenters. The normalized spacial score (nSPS) is 9.90. The number of halogens is 1. The van der Waals surface area contributed by atoms with E-state index in [1.807, 2.05) is 6.92 Å². The van der Waals surface area contributed by atoms with E-state index in [4.69, 9.17) is 5.73 Å². The Morgan fingerprint density at radius 2 is 2.00 bits per heavy atom. The molecule has 20 heavy (non-hydrogen) atoms. The summed E-state index contributed by atoms with van der Waals surface area (Å²) in [7, 11) is 0. The van der Waals surface area contributed by atoms with E-state index in [-0.39, 0.29) is 24.5 Å². The van der Waals surface area contributed by atoms with E-state index in [1.165, 1.54) is 12.3 Å². The largest absolute Gasteiger partial charge is 0.368 e. The Bertz CT molecular complexity index is 481. The molecule has 0 radical (unpaired) electrons. The summed E-state index contributed by atoms with van der Waals surface area (Å²) in [6.45, 7) is 2.83. The van der Waals surface area contributed by atoms with Gasteiger partial charge in [-0.2, -0.15) is 0 Å². The van der Waals surface area contributed by atoms with Gasteiger partial charge in [-0.3, -0.25) is 4.79 Å². The molecule has 0 atom stereocenters. The highest BCUT2D eigenvalue weighted by atomic mass is 19.1. The lowest BCUT2D eigenvalue weighted by Crippen LogP contribution is -2.37. The minimum atomic E-state index is -0.693. The molecule has 3 amide bonds. The average Bonchev–Trinajstić information content (AvgIpc) is 2.42. The zero-order chi connectivity index (χ0) is 15.0. The van der Waals surface area contributed by atoms with Crippen molar-refractivity contribution < 1.29 is 14.0 Å². The molecule has 0 fully saturated rings. The van der Waals surface area contributed by atoms with Gasteiger partial charge in [-0.05, 0) is 12.5 Å². The number of hydrogen-bond donors (Lipinski definition) is 4. The minimum Gasteiger partial charge on any atom is -0.368 e. The quantitative estimate of drug-likeness (QED) is 0.544. The predicted octanol–water partition coefficient (Wildman–Crippen LogP) is 0.441. The van der Waals surface area contributed by atoms with Crippen molar-refractivity contribution in [3.05, 3.63) is 23.6 Å². The lowest BCUT2D eigenvalue weighted by molar-refractivity contribution is 0.0950. The molecule has 1 aromatic heterocycles. The molecule has 1 heterocycles. The standard InChI is InChI=1S/C12H18FN5O2/c1-2-4-15-10-9(13)8(3-5-16-10)11(19)17-6-7-18-12(14)20/h3,5H,2,4,6-7H2,1H3,(H,15,16)(H,17,19)(H3,14,18,20). The summed E-state index contributed by atoms with van der Waals surface area (Å²) in [4.78, 5) is 26.1. The average molecular weight is 283 g/mol. The highest BCUT2D eigenvalue weighted by Crippen LogP contribution is 2.14. The van der Waals surface area contributed by atoms with Gasteiger partial charge in [0.2, 0.25) is 0 Å². The first-order valence-corrected chi connectivity index (χ1v) is 6.26. The van der Waals surface area contributed by atoms with E-state index in [0.717, 1.165) is 6.42 Å². The molecule has 0 saturated carbocycles. The number of nitrogens with one attached hydrogen (secondary N) is 3. The van der Waals surface area contributed by atoms with Crippen LogP contribution in [0.15, 0.2) is 12.3 Å². The minimum absolute atomic E-state index is 0.0507. The number of carbonyl (C=O) groups is 2. The zero-order valence-electron chi connectivity index (χ0n) is 11.2. The number of amides is 3. The maximum Gasteiger partial charge on any atom is 0.312 e. The van der Waals surface area contributed by atoms with Gasteiger partial charge in [-0.25, -0.2) is 14.2 Å². The maximum absolute atomic E-state index is 14.0. The second-order valence-electron chi connectivity index (χ2n) is 3.99. The zero-order valence-corrected chi connectivity index (χ0v) is 11.2. The summed E-state index contributed by atoms with van der Waals surface area (Å²) in [6.07, 6.45) is 2.17. The van der Waals surface area contributed by atoms with Crippen LogP contribution in [-0.4, -0.2) is 36.6 Å². The number of anilines is 1. The molecule has 0 aliphatic carbocycles. The number of urea groups is 1. The molecule has 8 heteroatoms. The molecular weight excluding hydrogens is 265 g/mol. The van der Waals surface area contributed by atoms with Crippen molar-refractivity contribution in [2.45, 2.75) is 13.3 Å². The third kappa shape index (κ3) is 4.71. The molecule has 0 bridgehead atoms. The number of primary amides is 1. The van der Waals surface area contributed by atoms with Crippen LogP contribution in [0.25, 0.3) is 0 Å². The topological polar surface area (TPSA) is 109 Å². The molecule has 5 N–H and O–H groups in total. The third-order valence-corrected chi connectivity index (χ3v) is 2.39. The monoisotopic (exact) mass is 283 g/mol. The molecule has 7 nitrogen and oxygen atoms in total. The number of nitrogens with two attached hydrogens (primary N) is 1. The van der Waals surface area contributed by atoms with Crippen LogP contribution in [0.3, 0.4) is 0 Å². The van der Waals surface area contributed by atoms with E-state index in [0.29, 0.717) is 6.54 Å². The molecule has 0 spiro atoms. The second kappa shape index (κ2) is 7.93. The van der Waals surface area contributed by atoms with Gasteiger partial charge in [0, 0.05) is 25.8 Å². The summed E-state index contributed by atoms with van der Waals surface area (Å²) in [5.74, 6) is -1.22. The molecule has 0 saturated heterocycles. The van der Waals surface area contributed by atoms with Crippen LogP contribution in [0.1, 0.15) is 23.7 Å². The maximum atomic E-state index is 14.0.